The van der Waals surface area contributed by atoms with Crippen LogP contribution in [0.4, 0.5) is 0 Å². The van der Waals surface area contributed by atoms with Gasteiger partial charge >= 0.3 is 0 Å². The monoisotopic (exact) mass is 424 g/mol. The molecule has 2 aromatic heterocycles. The second kappa shape index (κ2) is 7.95. The van der Waals surface area contributed by atoms with Crippen molar-refractivity contribution in [2.24, 2.45) is 0 Å². The maximum absolute atomic E-state index is 13.0. The molecule has 0 N–H and O–H groups in total. The third kappa shape index (κ3) is 3.73. The summed E-state index contributed by atoms with van der Waals surface area (Å²) in [6.45, 7) is 0. The fourth-order valence-corrected chi connectivity index (χ4v) is 5.78. The Balaban J connectivity index is 1.30. The summed E-state index contributed by atoms with van der Waals surface area (Å²) in [6, 6.07) is 13.3. The van der Waals surface area contributed by atoms with Crippen molar-refractivity contribution in [1.29, 1.82) is 0 Å². The van der Waals surface area contributed by atoms with Gasteiger partial charge in [0, 0.05) is 13.1 Å². The van der Waals surface area contributed by atoms with Crippen LogP contribution in [0.5, 0.6) is 0 Å². The lowest BCUT2D eigenvalue weighted by Gasteiger charge is -2.33. The van der Waals surface area contributed by atoms with Crippen LogP contribution < -0.4 is 0 Å². The number of carbonyl (C=O) groups is 1. The van der Waals surface area contributed by atoms with Gasteiger partial charge in [-0.05, 0) is 54.7 Å². The quantitative estimate of drug-likeness (QED) is 0.524. The normalized spacial score (nSPS) is 18.4. The average Bonchev–Trinajstić information content (AvgIpc) is 3.27. The van der Waals surface area contributed by atoms with Crippen molar-refractivity contribution in [1.82, 2.24) is 19.7 Å². The van der Waals surface area contributed by atoms with Crippen molar-refractivity contribution in [3.05, 3.63) is 52.9 Å². The van der Waals surface area contributed by atoms with E-state index in [9.17, 15) is 4.79 Å². The van der Waals surface area contributed by atoms with Gasteiger partial charge in [-0.1, -0.05) is 42.1 Å². The molecule has 1 amide bonds. The SMILES string of the molecule is CN(C(=O)CSc1nnc(-c2cccs2)n1C1CC1)[C@@H]1CCCc2ccccc21. The predicted molar refractivity (Wildman–Crippen MR) is 117 cm³/mol. The first-order chi connectivity index (χ1) is 14.2. The Morgan fingerprint density at radius 3 is 2.86 bits per heavy atom. The van der Waals surface area contributed by atoms with E-state index < -0.39 is 0 Å². The molecule has 2 aliphatic carbocycles. The molecule has 29 heavy (non-hydrogen) atoms. The van der Waals surface area contributed by atoms with Gasteiger partial charge in [-0.3, -0.25) is 9.36 Å². The van der Waals surface area contributed by atoms with E-state index >= 15 is 0 Å². The van der Waals surface area contributed by atoms with Crippen LogP contribution in [-0.2, 0) is 11.2 Å². The zero-order valence-corrected chi connectivity index (χ0v) is 18.1. The molecule has 2 aliphatic rings. The van der Waals surface area contributed by atoms with Gasteiger partial charge in [-0.15, -0.1) is 21.5 Å². The van der Waals surface area contributed by atoms with E-state index in [0.29, 0.717) is 11.8 Å². The van der Waals surface area contributed by atoms with Crippen LogP contribution >= 0.6 is 23.1 Å². The maximum atomic E-state index is 13.0. The number of thiophene rings is 1. The zero-order valence-electron chi connectivity index (χ0n) is 16.5. The number of benzene rings is 1. The minimum absolute atomic E-state index is 0.153. The molecule has 0 radical (unpaired) electrons. The number of carbonyl (C=O) groups excluding carboxylic acids is 1. The van der Waals surface area contributed by atoms with E-state index in [1.807, 2.05) is 18.0 Å². The van der Waals surface area contributed by atoms with Gasteiger partial charge in [0.1, 0.15) is 0 Å². The summed E-state index contributed by atoms with van der Waals surface area (Å²) in [5.74, 6) is 1.48. The minimum Gasteiger partial charge on any atom is -0.338 e. The lowest BCUT2D eigenvalue weighted by molar-refractivity contribution is -0.129. The summed E-state index contributed by atoms with van der Waals surface area (Å²) in [4.78, 5) is 16.1. The summed E-state index contributed by atoms with van der Waals surface area (Å²) in [7, 11) is 1.94. The first-order valence-electron chi connectivity index (χ1n) is 10.2. The maximum Gasteiger partial charge on any atom is 0.233 e. The van der Waals surface area contributed by atoms with E-state index in [1.165, 1.54) is 22.9 Å². The minimum atomic E-state index is 0.153. The van der Waals surface area contributed by atoms with Crippen molar-refractivity contribution in [2.75, 3.05) is 12.8 Å². The van der Waals surface area contributed by atoms with Gasteiger partial charge in [-0.2, -0.15) is 0 Å². The molecule has 5 rings (SSSR count). The number of fused-ring (bicyclic) bond motifs is 1. The van der Waals surface area contributed by atoms with Crippen LogP contribution in [0.3, 0.4) is 0 Å². The second-order valence-electron chi connectivity index (χ2n) is 7.78. The first-order valence-corrected chi connectivity index (χ1v) is 12.0. The molecule has 1 atom stereocenters. The van der Waals surface area contributed by atoms with Crippen LogP contribution in [0.2, 0.25) is 0 Å². The van der Waals surface area contributed by atoms with Crippen molar-refractivity contribution in [2.45, 2.75) is 49.3 Å². The highest BCUT2D eigenvalue weighted by Crippen LogP contribution is 2.42. The van der Waals surface area contributed by atoms with Gasteiger partial charge in [0.2, 0.25) is 5.91 Å². The highest BCUT2D eigenvalue weighted by molar-refractivity contribution is 7.99. The molecule has 7 heteroatoms. The highest BCUT2D eigenvalue weighted by Gasteiger charge is 2.31. The average molecular weight is 425 g/mol. The van der Waals surface area contributed by atoms with Crippen LogP contribution in [-0.4, -0.2) is 38.4 Å². The highest BCUT2D eigenvalue weighted by atomic mass is 32.2. The number of nitrogens with zero attached hydrogens (tertiary/aromatic N) is 4. The summed E-state index contributed by atoms with van der Waals surface area (Å²) >= 11 is 3.20. The smallest absolute Gasteiger partial charge is 0.233 e. The second-order valence-corrected chi connectivity index (χ2v) is 9.68. The lowest BCUT2D eigenvalue weighted by atomic mass is 9.87. The fraction of sp³-hybridized carbons (Fsp3) is 0.409. The standard InChI is InChI=1S/C22H24N4OS2/c1-25(18-9-4-7-15-6-2-3-8-17(15)18)20(27)14-29-22-24-23-21(19-10-5-13-28-19)26(22)16-11-12-16/h2-3,5-6,8,10,13,16,18H,4,7,9,11-12,14H2,1H3/t18-/m1/s1. The predicted octanol–water partition coefficient (Wildman–Crippen LogP) is 4.97. The van der Waals surface area contributed by atoms with Gasteiger partial charge in [0.25, 0.3) is 0 Å². The molecular weight excluding hydrogens is 400 g/mol. The topological polar surface area (TPSA) is 51.0 Å². The Hall–Kier alpha value is -2.12. The van der Waals surface area contributed by atoms with E-state index in [-0.39, 0.29) is 11.9 Å². The van der Waals surface area contributed by atoms with E-state index in [4.69, 9.17) is 0 Å². The molecule has 2 heterocycles. The van der Waals surface area contributed by atoms with Crippen molar-refractivity contribution < 1.29 is 4.79 Å². The van der Waals surface area contributed by atoms with E-state index in [2.05, 4.69) is 50.5 Å². The Bertz CT molecular complexity index is 1010. The van der Waals surface area contributed by atoms with Crippen molar-refractivity contribution in [3.63, 3.8) is 0 Å². The summed E-state index contributed by atoms with van der Waals surface area (Å²) < 4.78 is 2.24. The molecular formula is C22H24N4OS2. The molecule has 0 aliphatic heterocycles. The van der Waals surface area contributed by atoms with Crippen LogP contribution in [0.1, 0.15) is 48.9 Å². The summed E-state index contributed by atoms with van der Waals surface area (Å²) in [5, 5.41) is 11.8. The van der Waals surface area contributed by atoms with Gasteiger partial charge in [-0.25, -0.2) is 0 Å². The number of rotatable bonds is 6. The van der Waals surface area contributed by atoms with Crippen LogP contribution in [0.25, 0.3) is 10.7 Å². The first kappa shape index (κ1) is 18.9. The Morgan fingerprint density at radius 1 is 1.21 bits per heavy atom. The number of thioether (sulfide) groups is 1. The molecule has 0 bridgehead atoms. The Labute approximate surface area is 179 Å². The molecule has 3 aromatic rings. The summed E-state index contributed by atoms with van der Waals surface area (Å²) in [6.07, 6.45) is 5.60. The third-order valence-electron chi connectivity index (χ3n) is 5.84. The Kier molecular flexibility index (Phi) is 5.18. The largest absolute Gasteiger partial charge is 0.338 e. The van der Waals surface area contributed by atoms with Gasteiger partial charge in [0.05, 0.1) is 16.7 Å². The number of hydrogen-bond acceptors (Lipinski definition) is 5. The fourth-order valence-electron chi connectivity index (χ4n) is 4.14. The van der Waals surface area contributed by atoms with Crippen LogP contribution in [0.15, 0.2) is 46.9 Å². The van der Waals surface area contributed by atoms with Crippen molar-refractivity contribution in [3.8, 4) is 10.7 Å². The molecule has 1 fully saturated rings. The lowest BCUT2D eigenvalue weighted by Crippen LogP contribution is -2.34. The molecule has 0 unspecified atom stereocenters. The molecule has 0 spiro atoms. The number of hydrogen-bond donors (Lipinski definition) is 0. The molecule has 5 nitrogen and oxygen atoms in total. The van der Waals surface area contributed by atoms with Gasteiger partial charge < -0.3 is 4.90 Å². The Morgan fingerprint density at radius 2 is 2.07 bits per heavy atom. The number of aromatic nitrogens is 3. The molecule has 0 saturated heterocycles. The molecule has 1 aromatic carbocycles. The molecule has 150 valence electrons. The zero-order chi connectivity index (χ0) is 19.8. The third-order valence-corrected chi connectivity index (χ3v) is 7.64. The molecule has 1 saturated carbocycles. The van der Waals surface area contributed by atoms with Crippen LogP contribution in [0, 0.1) is 0 Å². The number of amides is 1. The summed E-state index contributed by atoms with van der Waals surface area (Å²) in [5.41, 5.74) is 2.69. The van der Waals surface area contributed by atoms with Gasteiger partial charge in [0.15, 0.2) is 11.0 Å². The van der Waals surface area contributed by atoms with E-state index in [1.54, 1.807) is 11.3 Å². The van der Waals surface area contributed by atoms with E-state index in [0.717, 1.165) is 48.0 Å². The van der Waals surface area contributed by atoms with Crippen molar-refractivity contribution >= 4 is 29.0 Å². The number of aryl methyl sites for hydroxylation is 1.